The number of carboxylic acid groups (broad SMARTS) is 1. The van der Waals surface area contributed by atoms with Gasteiger partial charge in [0.15, 0.2) is 0 Å². The first-order valence-corrected chi connectivity index (χ1v) is 6.89. The minimum atomic E-state index is -8.00. The van der Waals surface area contributed by atoms with Crippen LogP contribution >= 0.6 is 0 Å². The topological polar surface area (TPSA) is 63.6 Å². The molecular weight excluding hydrogens is 455 g/mol. The lowest BCUT2D eigenvalue weighted by atomic mass is 9.93. The zero-order chi connectivity index (χ0) is 23.7. The predicted molar refractivity (Wildman–Crippen MR) is 63.2 cm³/mol. The van der Waals surface area contributed by atoms with Crippen LogP contribution in [-0.2, 0) is 14.3 Å². The van der Waals surface area contributed by atoms with E-state index in [1.54, 1.807) is 0 Å². The van der Waals surface area contributed by atoms with E-state index >= 15 is 0 Å². The highest BCUT2D eigenvalue weighted by Crippen LogP contribution is 2.60. The van der Waals surface area contributed by atoms with E-state index in [0.717, 1.165) is 0 Å². The van der Waals surface area contributed by atoms with Crippen LogP contribution in [0.4, 0.5) is 57.1 Å². The van der Waals surface area contributed by atoms with E-state index in [1.807, 2.05) is 0 Å². The highest BCUT2D eigenvalue weighted by Gasteiger charge is 2.90. The number of halogens is 13. The van der Waals surface area contributed by atoms with Crippen LogP contribution in [0.15, 0.2) is 0 Å². The van der Waals surface area contributed by atoms with Gasteiger partial charge in [0.2, 0.25) is 0 Å². The molecule has 0 amide bonds. The summed E-state index contributed by atoms with van der Waals surface area (Å²) >= 11 is 0. The number of carbonyl (C=O) groups is 2. The van der Waals surface area contributed by atoms with E-state index in [0.29, 0.717) is 0 Å². The Hall–Kier alpha value is -1.97. The lowest BCUT2D eigenvalue weighted by Crippen LogP contribution is -2.70. The molecule has 0 aromatic heterocycles. The van der Waals surface area contributed by atoms with Crippen LogP contribution in [0.2, 0.25) is 0 Å². The van der Waals surface area contributed by atoms with Gasteiger partial charge in [-0.25, -0.2) is 0 Å². The van der Waals surface area contributed by atoms with Crippen LogP contribution < -0.4 is 0 Å². The molecule has 0 aliphatic carbocycles. The Balaban J connectivity index is 5.55. The SMILES string of the molecule is O=C(O)CCC(=O)OCCC(F)(F)C(F)(F)C(F)(F)C(F)(F)C(F)(F)C(F)(F)F. The van der Waals surface area contributed by atoms with Gasteiger partial charge in [0.05, 0.1) is 25.9 Å². The molecular formula is C12H9F13O4. The van der Waals surface area contributed by atoms with E-state index in [1.165, 1.54) is 0 Å². The van der Waals surface area contributed by atoms with E-state index in [2.05, 4.69) is 4.74 Å². The summed E-state index contributed by atoms with van der Waals surface area (Å²) in [5, 5.41) is 8.19. The number of hydrogen-bond acceptors (Lipinski definition) is 3. The fourth-order valence-corrected chi connectivity index (χ4v) is 1.53. The van der Waals surface area contributed by atoms with E-state index in [4.69, 9.17) is 5.11 Å². The summed E-state index contributed by atoms with van der Waals surface area (Å²) < 4.78 is 170. The van der Waals surface area contributed by atoms with Crippen molar-refractivity contribution in [3.63, 3.8) is 0 Å². The van der Waals surface area contributed by atoms with Crippen LogP contribution in [0.3, 0.4) is 0 Å². The van der Waals surface area contributed by atoms with Gasteiger partial charge in [-0.1, -0.05) is 0 Å². The number of aliphatic carboxylic acids is 1. The highest BCUT2D eigenvalue weighted by atomic mass is 19.4. The van der Waals surface area contributed by atoms with Crippen molar-refractivity contribution < 1.29 is 76.5 Å². The smallest absolute Gasteiger partial charge is 0.460 e. The molecule has 0 aliphatic heterocycles. The summed E-state index contributed by atoms with van der Waals surface area (Å²) in [4.78, 5) is 21.0. The summed E-state index contributed by atoms with van der Waals surface area (Å²) in [5.74, 6) is -40.7. The van der Waals surface area contributed by atoms with Crippen LogP contribution in [0.5, 0.6) is 0 Å². The normalized spacial score (nSPS) is 14.7. The van der Waals surface area contributed by atoms with Crippen molar-refractivity contribution in [1.29, 1.82) is 0 Å². The minimum absolute atomic E-state index is 0.928. The zero-order valence-corrected chi connectivity index (χ0v) is 13.4. The third kappa shape index (κ3) is 4.96. The molecule has 0 atom stereocenters. The van der Waals surface area contributed by atoms with Crippen LogP contribution in [0, 0.1) is 0 Å². The summed E-state index contributed by atoms with van der Waals surface area (Å²) in [7, 11) is 0. The fraction of sp³-hybridized carbons (Fsp3) is 0.833. The zero-order valence-electron chi connectivity index (χ0n) is 13.4. The fourth-order valence-electron chi connectivity index (χ4n) is 1.53. The van der Waals surface area contributed by atoms with E-state index in [-0.39, 0.29) is 0 Å². The van der Waals surface area contributed by atoms with E-state index in [9.17, 15) is 66.7 Å². The summed E-state index contributed by atoms with van der Waals surface area (Å²) in [5.41, 5.74) is 0. The number of esters is 1. The lowest BCUT2D eigenvalue weighted by Gasteiger charge is -2.39. The van der Waals surface area contributed by atoms with Gasteiger partial charge < -0.3 is 9.84 Å². The third-order valence-electron chi connectivity index (χ3n) is 3.22. The second kappa shape index (κ2) is 8.04. The molecule has 29 heavy (non-hydrogen) atoms. The molecule has 0 aromatic rings. The minimum Gasteiger partial charge on any atom is -0.481 e. The molecule has 0 saturated carbocycles. The Bertz CT molecular complexity index is 611. The number of carbonyl (C=O) groups excluding carboxylic acids is 1. The molecule has 0 heterocycles. The first-order valence-electron chi connectivity index (χ1n) is 6.89. The van der Waals surface area contributed by atoms with Gasteiger partial charge in [0.25, 0.3) is 0 Å². The lowest BCUT2D eigenvalue weighted by molar-refractivity contribution is -0.440. The van der Waals surface area contributed by atoms with Gasteiger partial charge in [0.1, 0.15) is 0 Å². The molecule has 0 bridgehead atoms. The molecule has 1 N–H and O–H groups in total. The Morgan fingerprint density at radius 1 is 0.655 bits per heavy atom. The maximum atomic E-state index is 13.3. The molecule has 0 rings (SSSR count). The molecule has 172 valence electrons. The second-order valence-corrected chi connectivity index (χ2v) is 5.36. The molecule has 17 heteroatoms. The highest BCUT2D eigenvalue weighted by molar-refractivity contribution is 5.76. The van der Waals surface area contributed by atoms with Crippen LogP contribution in [0.25, 0.3) is 0 Å². The van der Waals surface area contributed by atoms with Crippen molar-refractivity contribution >= 4 is 11.9 Å². The molecule has 0 unspecified atom stereocenters. The second-order valence-electron chi connectivity index (χ2n) is 5.36. The summed E-state index contributed by atoms with van der Waals surface area (Å²) in [6.45, 7) is -1.90. The van der Waals surface area contributed by atoms with Crippen molar-refractivity contribution in [3.8, 4) is 0 Å². The van der Waals surface area contributed by atoms with Crippen molar-refractivity contribution in [3.05, 3.63) is 0 Å². The number of hydrogen-bond donors (Lipinski definition) is 1. The quantitative estimate of drug-likeness (QED) is 0.382. The van der Waals surface area contributed by atoms with Crippen LogP contribution in [-0.4, -0.2) is 59.4 Å². The van der Waals surface area contributed by atoms with Gasteiger partial charge in [-0.2, -0.15) is 57.1 Å². The van der Waals surface area contributed by atoms with Crippen molar-refractivity contribution in [2.45, 2.75) is 55.1 Å². The van der Waals surface area contributed by atoms with Crippen molar-refractivity contribution in [2.75, 3.05) is 6.61 Å². The molecule has 0 saturated heterocycles. The predicted octanol–water partition coefficient (Wildman–Crippen LogP) is 4.52. The number of carboxylic acids is 1. The van der Waals surface area contributed by atoms with Gasteiger partial charge in [-0.05, 0) is 0 Å². The van der Waals surface area contributed by atoms with E-state index < -0.39 is 73.6 Å². The first kappa shape index (κ1) is 27.0. The monoisotopic (exact) mass is 464 g/mol. The number of alkyl halides is 13. The van der Waals surface area contributed by atoms with Gasteiger partial charge in [-0.15, -0.1) is 0 Å². The van der Waals surface area contributed by atoms with Crippen molar-refractivity contribution in [1.82, 2.24) is 0 Å². The number of ether oxygens (including phenoxy) is 1. The molecule has 0 radical (unpaired) electrons. The molecule has 0 spiro atoms. The van der Waals surface area contributed by atoms with Gasteiger partial charge in [0, 0.05) is 0 Å². The first-order chi connectivity index (χ1) is 12.6. The Kier molecular flexibility index (Phi) is 7.50. The third-order valence-corrected chi connectivity index (χ3v) is 3.22. The average molecular weight is 464 g/mol. The maximum Gasteiger partial charge on any atom is 0.460 e. The van der Waals surface area contributed by atoms with Gasteiger partial charge in [-0.3, -0.25) is 9.59 Å². The number of rotatable bonds is 10. The Labute approximate surface area is 151 Å². The Morgan fingerprint density at radius 3 is 1.45 bits per heavy atom. The standard InChI is InChI=1S/C12H9F13O4/c13-7(14,3-4-29-6(28)2-1-5(26)27)8(15,16)9(17,18)10(19,20)11(21,22)12(23,24)25/h1-4H2,(H,26,27). The maximum absolute atomic E-state index is 13.3. The van der Waals surface area contributed by atoms with Crippen molar-refractivity contribution in [2.24, 2.45) is 0 Å². The average Bonchev–Trinajstić information content (AvgIpc) is 2.50. The van der Waals surface area contributed by atoms with Crippen LogP contribution in [0.1, 0.15) is 19.3 Å². The molecule has 0 fully saturated rings. The largest absolute Gasteiger partial charge is 0.481 e. The molecule has 4 nitrogen and oxygen atoms in total. The summed E-state index contributed by atoms with van der Waals surface area (Å²) in [6, 6.07) is 0. The molecule has 0 aromatic carbocycles. The Morgan fingerprint density at radius 2 is 1.07 bits per heavy atom. The summed E-state index contributed by atoms with van der Waals surface area (Å²) in [6.07, 6.45) is -12.1. The molecule has 0 aliphatic rings. The van der Waals surface area contributed by atoms with Gasteiger partial charge >= 0.3 is 47.7 Å².